The fourth-order valence-electron chi connectivity index (χ4n) is 1.01. The second-order valence-corrected chi connectivity index (χ2v) is 2.63. The Morgan fingerprint density at radius 3 is 2.62 bits per heavy atom. The molecule has 1 aromatic rings. The molecular weight excluding hydrogens is 169 g/mol. The second-order valence-electron chi connectivity index (χ2n) is 2.63. The molecule has 3 N–H and O–H groups in total. The van der Waals surface area contributed by atoms with Crippen molar-refractivity contribution in [3.05, 3.63) is 35.9 Å². The molecule has 0 bridgehead atoms. The lowest BCUT2D eigenvalue weighted by Gasteiger charge is -2.04. The average molecular weight is 181 g/mol. The average Bonchev–Trinajstić information content (AvgIpc) is 2.19. The molecule has 0 aliphatic carbocycles. The molecule has 3 nitrogen and oxygen atoms in total. The highest BCUT2D eigenvalue weighted by Gasteiger charge is 1.93. The van der Waals surface area contributed by atoms with Gasteiger partial charge < -0.3 is 5.32 Å². The molecule has 1 aromatic carbocycles. The van der Waals surface area contributed by atoms with Crippen LogP contribution in [0.3, 0.4) is 0 Å². The Labute approximate surface area is 76.4 Å². The first-order chi connectivity index (χ1) is 6.33. The lowest BCUT2D eigenvalue weighted by atomic mass is 10.1. The predicted molar refractivity (Wildman–Crippen MR) is 50.1 cm³/mol. The van der Waals surface area contributed by atoms with Gasteiger partial charge in [-0.15, -0.1) is 4.48 Å². The Kier molecular flexibility index (Phi) is 3.75. The van der Waals surface area contributed by atoms with Gasteiger partial charge in [0.25, 0.3) is 0 Å². The van der Waals surface area contributed by atoms with E-state index < -0.39 is 0 Å². The molecule has 0 saturated carbocycles. The number of rotatable bonds is 3. The van der Waals surface area contributed by atoms with Gasteiger partial charge in [0.15, 0.2) is 0 Å². The Bertz CT molecular complexity index is 261. The fourth-order valence-corrected chi connectivity index (χ4v) is 1.01. The van der Waals surface area contributed by atoms with Crippen LogP contribution in [0.15, 0.2) is 30.3 Å². The largest absolute Gasteiger partial charge is 0.354 e. The third-order valence-electron chi connectivity index (χ3n) is 1.65. The Balaban J connectivity index is 2.24. The van der Waals surface area contributed by atoms with Crippen molar-refractivity contribution < 1.29 is 4.48 Å². The van der Waals surface area contributed by atoms with E-state index in [0.29, 0.717) is 6.54 Å². The lowest BCUT2D eigenvalue weighted by Crippen LogP contribution is -2.32. The van der Waals surface area contributed by atoms with E-state index in [-0.39, 0.29) is 5.96 Å². The third kappa shape index (κ3) is 3.55. The summed E-state index contributed by atoms with van der Waals surface area (Å²) in [5.41, 5.74) is 2.39. The van der Waals surface area contributed by atoms with Crippen LogP contribution in [0.25, 0.3) is 0 Å². The van der Waals surface area contributed by atoms with Gasteiger partial charge in [0, 0.05) is 6.54 Å². The van der Waals surface area contributed by atoms with E-state index in [1.165, 1.54) is 11.1 Å². The molecule has 13 heavy (non-hydrogen) atoms. The second kappa shape index (κ2) is 5.13. The minimum atomic E-state index is -0.295. The fraction of sp³-hybridized carbons (Fsp3) is 0.222. The van der Waals surface area contributed by atoms with Crippen molar-refractivity contribution in [1.29, 1.82) is 5.41 Å². The predicted octanol–water partition coefficient (Wildman–Crippen LogP) is 1.23. The molecule has 0 spiro atoms. The van der Waals surface area contributed by atoms with Crippen molar-refractivity contribution in [3.63, 3.8) is 0 Å². The summed E-state index contributed by atoms with van der Waals surface area (Å²) in [6.45, 7) is 0.555. The summed E-state index contributed by atoms with van der Waals surface area (Å²) < 4.78 is 11.6. The van der Waals surface area contributed by atoms with Gasteiger partial charge in [-0.3, -0.25) is 5.41 Å². The molecular formula is C9H12FN3. The molecule has 0 saturated heterocycles. The summed E-state index contributed by atoms with van der Waals surface area (Å²) in [4.78, 5) is 0. The number of guanidine groups is 1. The van der Waals surface area contributed by atoms with Crippen molar-refractivity contribution in [2.24, 2.45) is 0 Å². The first kappa shape index (κ1) is 9.51. The highest BCUT2D eigenvalue weighted by Crippen LogP contribution is 1.97. The maximum absolute atomic E-state index is 11.6. The SMILES string of the molecule is N=C(NF)NCCc1ccccc1. The molecule has 0 aliphatic rings. The van der Waals surface area contributed by atoms with Crippen molar-refractivity contribution in [1.82, 2.24) is 10.9 Å². The van der Waals surface area contributed by atoms with E-state index in [2.05, 4.69) is 5.32 Å². The van der Waals surface area contributed by atoms with E-state index >= 15 is 0 Å². The highest BCUT2D eigenvalue weighted by molar-refractivity contribution is 5.75. The van der Waals surface area contributed by atoms with Crippen molar-refractivity contribution >= 4 is 5.96 Å². The Hall–Kier alpha value is -1.58. The number of hydrogen-bond donors (Lipinski definition) is 3. The lowest BCUT2D eigenvalue weighted by molar-refractivity contribution is 0.421. The quantitative estimate of drug-likeness (QED) is 0.373. The van der Waals surface area contributed by atoms with Gasteiger partial charge >= 0.3 is 0 Å². The van der Waals surface area contributed by atoms with Gasteiger partial charge in [0.2, 0.25) is 5.96 Å². The standard InChI is InChI=1S/C9H12FN3/c10-13-9(11)12-7-6-8-4-2-1-3-5-8/h1-5H,6-7H2,(H3,11,12,13). The first-order valence-corrected chi connectivity index (χ1v) is 4.06. The number of benzene rings is 1. The summed E-state index contributed by atoms with van der Waals surface area (Å²) in [6.07, 6.45) is 0.783. The first-order valence-electron chi connectivity index (χ1n) is 4.06. The normalized spacial score (nSPS) is 9.31. The van der Waals surface area contributed by atoms with Gasteiger partial charge in [-0.05, 0) is 12.0 Å². The zero-order valence-corrected chi connectivity index (χ0v) is 7.18. The van der Waals surface area contributed by atoms with Crippen LogP contribution in [-0.2, 0) is 6.42 Å². The van der Waals surface area contributed by atoms with E-state index in [1.54, 1.807) is 0 Å². The summed E-state index contributed by atoms with van der Waals surface area (Å²) in [6, 6.07) is 9.84. The minimum Gasteiger partial charge on any atom is -0.354 e. The molecule has 0 radical (unpaired) electrons. The zero-order valence-electron chi connectivity index (χ0n) is 7.18. The van der Waals surface area contributed by atoms with E-state index in [1.807, 2.05) is 30.3 Å². The van der Waals surface area contributed by atoms with Crippen molar-refractivity contribution in [2.75, 3.05) is 6.54 Å². The summed E-state index contributed by atoms with van der Waals surface area (Å²) in [7, 11) is 0. The van der Waals surface area contributed by atoms with Crippen LogP contribution in [0.4, 0.5) is 4.48 Å². The number of halogens is 1. The smallest absolute Gasteiger partial charge is 0.217 e. The molecule has 0 atom stereocenters. The van der Waals surface area contributed by atoms with Crippen LogP contribution < -0.4 is 10.9 Å². The molecule has 70 valence electrons. The maximum Gasteiger partial charge on any atom is 0.217 e. The van der Waals surface area contributed by atoms with Gasteiger partial charge in [-0.25, -0.2) is 0 Å². The maximum atomic E-state index is 11.6. The van der Waals surface area contributed by atoms with Crippen LogP contribution in [0, 0.1) is 5.41 Å². The van der Waals surface area contributed by atoms with Crippen molar-refractivity contribution in [2.45, 2.75) is 6.42 Å². The zero-order chi connectivity index (χ0) is 9.52. The van der Waals surface area contributed by atoms with Crippen LogP contribution in [0.2, 0.25) is 0 Å². The van der Waals surface area contributed by atoms with Gasteiger partial charge in [0.1, 0.15) is 0 Å². The number of hydrogen-bond acceptors (Lipinski definition) is 1. The molecule has 0 aliphatic heterocycles. The van der Waals surface area contributed by atoms with Gasteiger partial charge in [0.05, 0.1) is 0 Å². The summed E-state index contributed by atoms with van der Waals surface area (Å²) in [5.74, 6) is -0.295. The highest BCUT2D eigenvalue weighted by atomic mass is 19.2. The molecule has 1 rings (SSSR count). The molecule has 0 amide bonds. The van der Waals surface area contributed by atoms with E-state index in [9.17, 15) is 4.48 Å². The molecule has 0 heterocycles. The number of nitrogens with one attached hydrogen (secondary N) is 3. The van der Waals surface area contributed by atoms with Crippen molar-refractivity contribution in [3.8, 4) is 0 Å². The van der Waals surface area contributed by atoms with Crippen LogP contribution in [-0.4, -0.2) is 12.5 Å². The third-order valence-corrected chi connectivity index (χ3v) is 1.65. The topological polar surface area (TPSA) is 47.9 Å². The Morgan fingerprint density at radius 1 is 1.31 bits per heavy atom. The van der Waals surface area contributed by atoms with Gasteiger partial charge in [-0.2, -0.15) is 5.54 Å². The summed E-state index contributed by atoms with van der Waals surface area (Å²) in [5, 5.41) is 9.48. The molecule has 4 heteroatoms. The monoisotopic (exact) mass is 181 g/mol. The summed E-state index contributed by atoms with van der Waals surface area (Å²) >= 11 is 0. The minimum absolute atomic E-state index is 0.295. The Morgan fingerprint density at radius 2 is 2.00 bits per heavy atom. The molecule has 0 fully saturated rings. The van der Waals surface area contributed by atoms with Crippen LogP contribution in [0.5, 0.6) is 0 Å². The van der Waals surface area contributed by atoms with E-state index in [4.69, 9.17) is 5.41 Å². The van der Waals surface area contributed by atoms with E-state index in [0.717, 1.165) is 6.42 Å². The van der Waals surface area contributed by atoms with Crippen LogP contribution in [0.1, 0.15) is 5.56 Å². The molecule has 0 unspecified atom stereocenters. The van der Waals surface area contributed by atoms with Gasteiger partial charge in [-0.1, -0.05) is 30.3 Å². The molecule has 0 aromatic heterocycles. The van der Waals surface area contributed by atoms with Crippen LogP contribution >= 0.6 is 0 Å².